The Bertz CT molecular complexity index is 435. The number of nitrogens with zero attached hydrogens (tertiary/aromatic N) is 1. The second-order valence-electron chi connectivity index (χ2n) is 3.88. The molecule has 1 aromatic rings. The number of hydrogen-bond acceptors (Lipinski definition) is 5. The number of rotatable bonds is 3. The van der Waals surface area contributed by atoms with Gasteiger partial charge in [-0.3, -0.25) is 9.59 Å². The lowest BCUT2D eigenvalue weighted by Crippen LogP contribution is -2.36. The molecule has 1 aliphatic heterocycles. The Morgan fingerprint density at radius 1 is 1.47 bits per heavy atom. The van der Waals surface area contributed by atoms with E-state index >= 15 is 0 Å². The molecule has 0 aliphatic carbocycles. The minimum atomic E-state index is -0.189. The average Bonchev–Trinajstić information content (AvgIpc) is 2.87. The van der Waals surface area contributed by atoms with E-state index in [1.807, 2.05) is 0 Å². The van der Waals surface area contributed by atoms with Crippen molar-refractivity contribution in [1.82, 2.24) is 15.6 Å². The Morgan fingerprint density at radius 3 is 2.79 bits per heavy atom. The molecule has 2 rings (SSSR count). The molecule has 0 spiro atoms. The highest BCUT2D eigenvalue weighted by Crippen LogP contribution is 2.15. The molecule has 1 saturated heterocycles. The molecule has 2 amide bonds. The summed E-state index contributed by atoms with van der Waals surface area (Å²) in [5.41, 5.74) is 0.352. The van der Waals surface area contributed by atoms with Gasteiger partial charge in [-0.05, 0) is 13.0 Å². The van der Waals surface area contributed by atoms with Gasteiger partial charge in [-0.25, -0.2) is 4.98 Å². The Hall–Kier alpha value is -0.890. The van der Waals surface area contributed by atoms with Crippen molar-refractivity contribution in [3.8, 4) is 0 Å². The quantitative estimate of drug-likeness (QED) is 0.775. The highest BCUT2D eigenvalue weighted by Gasteiger charge is 2.19. The van der Waals surface area contributed by atoms with E-state index < -0.39 is 0 Å². The van der Waals surface area contributed by atoms with Crippen LogP contribution in [0.4, 0.5) is 5.13 Å². The van der Waals surface area contributed by atoms with Gasteiger partial charge in [-0.15, -0.1) is 36.2 Å². The Balaban J connectivity index is 0.00000162. The average molecular weight is 327 g/mol. The molecular formula is C10H16Cl2N4O2S. The van der Waals surface area contributed by atoms with Crippen molar-refractivity contribution < 1.29 is 9.59 Å². The summed E-state index contributed by atoms with van der Waals surface area (Å²) in [5, 5.41) is 10.7. The van der Waals surface area contributed by atoms with Crippen molar-refractivity contribution in [2.24, 2.45) is 0 Å². The summed E-state index contributed by atoms with van der Waals surface area (Å²) in [5.74, 6) is -0.377. The molecule has 1 aromatic heterocycles. The fourth-order valence-electron chi connectivity index (χ4n) is 1.62. The van der Waals surface area contributed by atoms with Gasteiger partial charge < -0.3 is 16.0 Å². The van der Waals surface area contributed by atoms with Gasteiger partial charge in [0.2, 0.25) is 5.91 Å². The molecule has 9 heteroatoms. The highest BCUT2D eigenvalue weighted by molar-refractivity contribution is 7.14. The fraction of sp³-hybridized carbons (Fsp3) is 0.500. The van der Waals surface area contributed by atoms with E-state index in [1.54, 1.807) is 5.38 Å². The highest BCUT2D eigenvalue weighted by atomic mass is 35.5. The van der Waals surface area contributed by atoms with Crippen LogP contribution in [0.1, 0.15) is 23.8 Å². The van der Waals surface area contributed by atoms with E-state index in [0.717, 1.165) is 19.5 Å². The maximum atomic E-state index is 11.8. The van der Waals surface area contributed by atoms with E-state index in [2.05, 4.69) is 20.9 Å². The van der Waals surface area contributed by atoms with Crippen molar-refractivity contribution >= 4 is 53.1 Å². The van der Waals surface area contributed by atoms with Gasteiger partial charge in [0.25, 0.3) is 5.91 Å². The number of nitrogens with one attached hydrogen (secondary N) is 3. The number of amides is 2. The van der Waals surface area contributed by atoms with Crippen LogP contribution in [-0.2, 0) is 4.79 Å². The number of halogens is 2. The maximum Gasteiger partial charge on any atom is 0.271 e. The third-order valence-electron chi connectivity index (χ3n) is 2.42. The molecule has 0 saturated carbocycles. The maximum absolute atomic E-state index is 11.8. The second kappa shape index (κ2) is 8.31. The SMILES string of the molecule is CC(=O)Nc1nc(C(=O)NC2CCNC2)cs1.Cl.Cl. The van der Waals surface area contributed by atoms with Crippen LogP contribution in [0, 0.1) is 0 Å². The van der Waals surface area contributed by atoms with Crippen LogP contribution in [-0.4, -0.2) is 35.9 Å². The lowest BCUT2D eigenvalue weighted by atomic mass is 10.2. The Morgan fingerprint density at radius 2 is 2.21 bits per heavy atom. The molecule has 108 valence electrons. The second-order valence-corrected chi connectivity index (χ2v) is 4.74. The summed E-state index contributed by atoms with van der Waals surface area (Å²) in [6.07, 6.45) is 0.939. The van der Waals surface area contributed by atoms with Gasteiger partial charge >= 0.3 is 0 Å². The predicted octanol–water partition coefficient (Wildman–Crippen LogP) is 1.04. The van der Waals surface area contributed by atoms with Crippen molar-refractivity contribution in [2.45, 2.75) is 19.4 Å². The summed E-state index contributed by atoms with van der Waals surface area (Å²) < 4.78 is 0. The van der Waals surface area contributed by atoms with E-state index in [1.165, 1.54) is 18.3 Å². The molecular weight excluding hydrogens is 311 g/mol. The van der Waals surface area contributed by atoms with E-state index in [-0.39, 0.29) is 42.7 Å². The molecule has 0 bridgehead atoms. The van der Waals surface area contributed by atoms with Crippen LogP contribution in [0.15, 0.2) is 5.38 Å². The molecule has 1 unspecified atom stereocenters. The van der Waals surface area contributed by atoms with Crippen LogP contribution in [0.3, 0.4) is 0 Å². The molecule has 1 atom stereocenters. The first-order valence-corrected chi connectivity index (χ1v) is 6.28. The molecule has 0 aromatic carbocycles. The number of anilines is 1. The van der Waals surface area contributed by atoms with Crippen LogP contribution in [0.25, 0.3) is 0 Å². The molecule has 2 heterocycles. The molecule has 0 radical (unpaired) electrons. The van der Waals surface area contributed by atoms with Crippen LogP contribution >= 0.6 is 36.2 Å². The summed E-state index contributed by atoms with van der Waals surface area (Å²) in [7, 11) is 0. The van der Waals surface area contributed by atoms with Gasteiger partial charge in [-0.2, -0.15) is 0 Å². The molecule has 3 N–H and O–H groups in total. The third-order valence-corrected chi connectivity index (χ3v) is 3.17. The van der Waals surface area contributed by atoms with Gasteiger partial charge in [-0.1, -0.05) is 0 Å². The smallest absolute Gasteiger partial charge is 0.271 e. The normalized spacial score (nSPS) is 17.0. The van der Waals surface area contributed by atoms with Crippen molar-refractivity contribution in [1.29, 1.82) is 0 Å². The van der Waals surface area contributed by atoms with Gasteiger partial charge in [0, 0.05) is 24.9 Å². The Labute approximate surface area is 127 Å². The molecule has 6 nitrogen and oxygen atoms in total. The van der Waals surface area contributed by atoms with Crippen molar-refractivity contribution in [3.63, 3.8) is 0 Å². The minimum absolute atomic E-state index is 0. The lowest BCUT2D eigenvalue weighted by molar-refractivity contribution is -0.114. The first-order chi connectivity index (χ1) is 8.15. The standard InChI is InChI=1S/C10H14N4O2S.2ClH/c1-6(15)12-10-14-8(5-17-10)9(16)13-7-2-3-11-4-7;;/h5,7,11H,2-4H2,1H3,(H,13,16)(H,12,14,15);2*1H. The minimum Gasteiger partial charge on any atom is -0.347 e. The summed E-state index contributed by atoms with van der Waals surface area (Å²) in [6.45, 7) is 3.14. The number of carbonyl (C=O) groups excluding carboxylic acids is 2. The fourth-order valence-corrected chi connectivity index (χ4v) is 2.36. The monoisotopic (exact) mass is 326 g/mol. The van der Waals surface area contributed by atoms with Crippen LogP contribution in [0.2, 0.25) is 0 Å². The van der Waals surface area contributed by atoms with Gasteiger partial charge in [0.1, 0.15) is 5.69 Å². The topological polar surface area (TPSA) is 83.1 Å². The largest absolute Gasteiger partial charge is 0.347 e. The third kappa shape index (κ3) is 5.32. The summed E-state index contributed by atoms with van der Waals surface area (Å²) in [6, 6.07) is 0.174. The molecule has 19 heavy (non-hydrogen) atoms. The van der Waals surface area contributed by atoms with Crippen LogP contribution in [0.5, 0.6) is 0 Å². The van der Waals surface area contributed by atoms with Gasteiger partial charge in [0.15, 0.2) is 5.13 Å². The first kappa shape index (κ1) is 18.1. The zero-order valence-corrected chi connectivity index (χ0v) is 12.7. The number of aromatic nitrogens is 1. The number of carbonyl (C=O) groups is 2. The van der Waals surface area contributed by atoms with E-state index in [4.69, 9.17) is 0 Å². The van der Waals surface area contributed by atoms with Crippen molar-refractivity contribution in [3.05, 3.63) is 11.1 Å². The van der Waals surface area contributed by atoms with Crippen molar-refractivity contribution in [2.75, 3.05) is 18.4 Å². The zero-order valence-electron chi connectivity index (χ0n) is 10.3. The molecule has 1 fully saturated rings. The lowest BCUT2D eigenvalue weighted by Gasteiger charge is -2.09. The van der Waals surface area contributed by atoms with Crippen LogP contribution < -0.4 is 16.0 Å². The number of hydrogen-bond donors (Lipinski definition) is 3. The Kier molecular flexibility index (Phi) is 7.93. The summed E-state index contributed by atoms with van der Waals surface area (Å²) in [4.78, 5) is 26.7. The van der Waals surface area contributed by atoms with E-state index in [0.29, 0.717) is 10.8 Å². The summed E-state index contributed by atoms with van der Waals surface area (Å²) >= 11 is 1.24. The number of thiazole rings is 1. The predicted molar refractivity (Wildman–Crippen MR) is 79.7 cm³/mol. The zero-order chi connectivity index (χ0) is 12.3. The van der Waals surface area contributed by atoms with Gasteiger partial charge in [0.05, 0.1) is 0 Å². The molecule has 1 aliphatic rings. The first-order valence-electron chi connectivity index (χ1n) is 5.40. The van der Waals surface area contributed by atoms with E-state index in [9.17, 15) is 9.59 Å².